The van der Waals surface area contributed by atoms with E-state index in [1.807, 2.05) is 0 Å². The van der Waals surface area contributed by atoms with Crippen molar-refractivity contribution in [2.75, 3.05) is 0 Å². The summed E-state index contributed by atoms with van der Waals surface area (Å²) in [6.45, 7) is 7.77. The van der Waals surface area contributed by atoms with Crippen LogP contribution in [-0.4, -0.2) is 6.04 Å². The van der Waals surface area contributed by atoms with Crippen LogP contribution in [0.5, 0.6) is 0 Å². The van der Waals surface area contributed by atoms with Crippen molar-refractivity contribution in [1.29, 1.82) is 0 Å². The van der Waals surface area contributed by atoms with E-state index in [1.54, 1.807) is 11.3 Å². The van der Waals surface area contributed by atoms with Crippen LogP contribution in [0.4, 0.5) is 0 Å². The predicted molar refractivity (Wildman–Crippen MR) is 67.8 cm³/mol. The minimum absolute atomic E-state index is 0.607. The Morgan fingerprint density at radius 3 is 2.64 bits per heavy atom. The molecule has 1 nitrogen and oxygen atoms in total. The lowest BCUT2D eigenvalue weighted by Gasteiger charge is -2.14. The molecule has 0 amide bonds. The zero-order valence-electron chi connectivity index (χ0n) is 9.01. The molecule has 0 fully saturated rings. The first kappa shape index (κ1) is 12.2. The SMILES string of the molecule is CC(C)C[C@@H](C)NCc1cc(Br)cs1. The number of rotatable bonds is 5. The van der Waals surface area contributed by atoms with Crippen LogP contribution in [0.1, 0.15) is 32.1 Å². The van der Waals surface area contributed by atoms with Crippen molar-refractivity contribution in [3.05, 3.63) is 20.8 Å². The monoisotopic (exact) mass is 275 g/mol. The van der Waals surface area contributed by atoms with Gasteiger partial charge in [-0.1, -0.05) is 13.8 Å². The van der Waals surface area contributed by atoms with Crippen molar-refractivity contribution in [3.8, 4) is 0 Å². The van der Waals surface area contributed by atoms with Gasteiger partial charge in [0.05, 0.1) is 0 Å². The minimum atomic E-state index is 0.607. The molecule has 1 atom stereocenters. The normalized spacial score (nSPS) is 13.5. The lowest BCUT2D eigenvalue weighted by atomic mass is 10.1. The lowest BCUT2D eigenvalue weighted by molar-refractivity contribution is 0.443. The summed E-state index contributed by atoms with van der Waals surface area (Å²) in [5.41, 5.74) is 0. The van der Waals surface area contributed by atoms with Crippen LogP contribution in [-0.2, 0) is 6.54 Å². The standard InChI is InChI=1S/C11H18BrNS/c1-8(2)4-9(3)13-6-11-5-10(12)7-14-11/h5,7-9,13H,4,6H2,1-3H3/t9-/m1/s1. The maximum absolute atomic E-state index is 3.53. The van der Waals surface area contributed by atoms with Gasteiger partial charge in [0.25, 0.3) is 0 Å². The smallest absolute Gasteiger partial charge is 0.0302 e. The molecule has 0 aliphatic heterocycles. The van der Waals surface area contributed by atoms with Gasteiger partial charge in [-0.25, -0.2) is 0 Å². The second-order valence-corrected chi connectivity index (χ2v) is 6.05. The van der Waals surface area contributed by atoms with E-state index in [1.165, 1.54) is 15.8 Å². The Morgan fingerprint density at radius 1 is 1.43 bits per heavy atom. The molecular weight excluding hydrogens is 258 g/mol. The highest BCUT2D eigenvalue weighted by molar-refractivity contribution is 9.10. The topological polar surface area (TPSA) is 12.0 Å². The van der Waals surface area contributed by atoms with Crippen molar-refractivity contribution in [2.24, 2.45) is 5.92 Å². The zero-order chi connectivity index (χ0) is 10.6. The van der Waals surface area contributed by atoms with E-state index < -0.39 is 0 Å². The largest absolute Gasteiger partial charge is 0.309 e. The second kappa shape index (κ2) is 5.89. The lowest BCUT2D eigenvalue weighted by Crippen LogP contribution is -2.26. The summed E-state index contributed by atoms with van der Waals surface area (Å²) in [5.74, 6) is 0.771. The van der Waals surface area contributed by atoms with Crippen LogP contribution >= 0.6 is 27.3 Å². The van der Waals surface area contributed by atoms with Gasteiger partial charge in [-0.05, 0) is 41.3 Å². The van der Waals surface area contributed by atoms with E-state index in [2.05, 4.69) is 53.5 Å². The predicted octanol–water partition coefficient (Wildman–Crippen LogP) is 4.03. The summed E-state index contributed by atoms with van der Waals surface area (Å²) in [5, 5.41) is 5.66. The van der Waals surface area contributed by atoms with E-state index in [0.717, 1.165) is 12.5 Å². The number of thiophene rings is 1. The minimum Gasteiger partial charge on any atom is -0.309 e. The van der Waals surface area contributed by atoms with Crippen LogP contribution < -0.4 is 5.32 Å². The number of halogens is 1. The fourth-order valence-corrected chi connectivity index (χ4v) is 2.91. The summed E-state index contributed by atoms with van der Waals surface area (Å²) in [6.07, 6.45) is 1.24. The van der Waals surface area contributed by atoms with Crippen molar-refractivity contribution in [2.45, 2.75) is 39.8 Å². The van der Waals surface area contributed by atoms with E-state index in [9.17, 15) is 0 Å². The third-order valence-electron chi connectivity index (χ3n) is 2.07. The van der Waals surface area contributed by atoms with Crippen molar-refractivity contribution < 1.29 is 0 Å². The van der Waals surface area contributed by atoms with Gasteiger partial charge in [0.2, 0.25) is 0 Å². The molecule has 0 saturated heterocycles. The van der Waals surface area contributed by atoms with Crippen LogP contribution in [0.25, 0.3) is 0 Å². The molecular formula is C11H18BrNS. The third-order valence-corrected chi connectivity index (χ3v) is 3.77. The molecule has 1 aromatic heterocycles. The van der Waals surface area contributed by atoms with Crippen molar-refractivity contribution in [1.82, 2.24) is 5.32 Å². The fourth-order valence-electron chi connectivity index (χ4n) is 1.51. The van der Waals surface area contributed by atoms with E-state index in [0.29, 0.717) is 6.04 Å². The molecule has 1 rings (SSSR count). The molecule has 0 unspecified atom stereocenters. The average molecular weight is 276 g/mol. The average Bonchev–Trinajstić information content (AvgIpc) is 2.47. The van der Waals surface area contributed by atoms with Gasteiger partial charge in [-0.15, -0.1) is 11.3 Å². The zero-order valence-corrected chi connectivity index (χ0v) is 11.4. The summed E-state index contributed by atoms with van der Waals surface area (Å²) in [7, 11) is 0. The molecule has 1 aromatic rings. The Bertz CT molecular complexity index is 270. The quantitative estimate of drug-likeness (QED) is 0.856. The highest BCUT2D eigenvalue weighted by Crippen LogP contribution is 2.19. The van der Waals surface area contributed by atoms with Crippen molar-refractivity contribution >= 4 is 27.3 Å². The molecule has 0 spiro atoms. The van der Waals surface area contributed by atoms with Crippen LogP contribution in [0, 0.1) is 5.92 Å². The second-order valence-electron chi connectivity index (χ2n) is 4.14. The molecule has 0 aliphatic carbocycles. The summed E-state index contributed by atoms with van der Waals surface area (Å²) in [6, 6.07) is 2.79. The van der Waals surface area contributed by atoms with Crippen LogP contribution in [0.3, 0.4) is 0 Å². The first-order valence-electron chi connectivity index (χ1n) is 5.04. The Balaban J connectivity index is 2.26. The van der Waals surface area contributed by atoms with Gasteiger partial charge < -0.3 is 5.32 Å². The maximum Gasteiger partial charge on any atom is 0.0302 e. The van der Waals surface area contributed by atoms with Gasteiger partial charge in [0.1, 0.15) is 0 Å². The van der Waals surface area contributed by atoms with Crippen LogP contribution in [0.2, 0.25) is 0 Å². The van der Waals surface area contributed by atoms with E-state index in [4.69, 9.17) is 0 Å². The van der Waals surface area contributed by atoms with Gasteiger partial charge in [-0.2, -0.15) is 0 Å². The van der Waals surface area contributed by atoms with E-state index >= 15 is 0 Å². The molecule has 0 aromatic carbocycles. The van der Waals surface area contributed by atoms with Crippen molar-refractivity contribution in [3.63, 3.8) is 0 Å². The highest BCUT2D eigenvalue weighted by Gasteiger charge is 2.04. The molecule has 14 heavy (non-hydrogen) atoms. The molecule has 0 bridgehead atoms. The van der Waals surface area contributed by atoms with Crippen LogP contribution in [0.15, 0.2) is 15.9 Å². The Labute approximate surface area is 99.0 Å². The molecule has 0 radical (unpaired) electrons. The molecule has 80 valence electrons. The van der Waals surface area contributed by atoms with E-state index in [-0.39, 0.29) is 0 Å². The summed E-state index contributed by atoms with van der Waals surface area (Å²) >= 11 is 5.26. The first-order chi connectivity index (χ1) is 6.58. The highest BCUT2D eigenvalue weighted by atomic mass is 79.9. The van der Waals surface area contributed by atoms with Gasteiger partial charge in [-0.3, -0.25) is 0 Å². The first-order valence-corrected chi connectivity index (χ1v) is 6.71. The Kier molecular flexibility index (Phi) is 5.13. The number of nitrogens with one attached hydrogen (secondary N) is 1. The molecule has 1 heterocycles. The Hall–Kier alpha value is 0.140. The molecule has 1 N–H and O–H groups in total. The molecule has 0 saturated carbocycles. The summed E-state index contributed by atoms with van der Waals surface area (Å²) in [4.78, 5) is 1.40. The fraction of sp³-hybridized carbons (Fsp3) is 0.636. The third kappa shape index (κ3) is 4.58. The number of hydrogen-bond acceptors (Lipinski definition) is 2. The number of hydrogen-bond donors (Lipinski definition) is 1. The maximum atomic E-state index is 3.53. The molecule has 0 aliphatic rings. The van der Waals surface area contributed by atoms with Gasteiger partial charge >= 0.3 is 0 Å². The van der Waals surface area contributed by atoms with Gasteiger partial charge in [0.15, 0.2) is 0 Å². The Morgan fingerprint density at radius 2 is 2.14 bits per heavy atom. The summed E-state index contributed by atoms with van der Waals surface area (Å²) < 4.78 is 1.19. The molecule has 3 heteroatoms. The van der Waals surface area contributed by atoms with Gasteiger partial charge in [0, 0.05) is 27.3 Å².